The fourth-order valence-corrected chi connectivity index (χ4v) is 6.81. The molecular weight excluding hydrogens is 541 g/mol. The van der Waals surface area contributed by atoms with Crippen molar-refractivity contribution in [3.8, 4) is 11.3 Å². The monoisotopic (exact) mass is 571 g/mol. The summed E-state index contributed by atoms with van der Waals surface area (Å²) in [6.45, 7) is 5.53. The molecule has 2 N–H and O–H groups in total. The Bertz CT molecular complexity index is 1510. The molecule has 206 valence electrons. The molecule has 2 fully saturated rings. The molecule has 0 atom stereocenters. The van der Waals surface area contributed by atoms with Gasteiger partial charge in [-0.1, -0.05) is 16.8 Å². The maximum absolute atomic E-state index is 14.8. The Balaban J connectivity index is 1.18. The van der Waals surface area contributed by atoms with Gasteiger partial charge in [0.05, 0.1) is 28.0 Å². The third-order valence-corrected chi connectivity index (χ3v) is 9.35. The van der Waals surface area contributed by atoms with Crippen molar-refractivity contribution < 1.29 is 23.9 Å². The number of nitrogens with zero attached hydrogens (tertiary/aromatic N) is 3. The van der Waals surface area contributed by atoms with Crippen molar-refractivity contribution in [1.29, 1.82) is 0 Å². The van der Waals surface area contributed by atoms with Gasteiger partial charge in [-0.05, 0) is 82.6 Å². The van der Waals surface area contributed by atoms with Gasteiger partial charge in [0.2, 0.25) is 0 Å². The van der Waals surface area contributed by atoms with Crippen molar-refractivity contribution in [2.75, 3.05) is 0 Å². The molecule has 0 unspecified atom stereocenters. The summed E-state index contributed by atoms with van der Waals surface area (Å²) in [4.78, 5) is 8.64. The maximum atomic E-state index is 14.8. The number of aryl methyl sites for hydroxylation is 1. The van der Waals surface area contributed by atoms with Gasteiger partial charge in [-0.15, -0.1) is 11.3 Å². The lowest BCUT2D eigenvalue weighted by Crippen LogP contribution is -2.34. The molecule has 1 aromatic carbocycles. The Morgan fingerprint density at radius 1 is 1.21 bits per heavy atom. The first-order valence-electron chi connectivity index (χ1n) is 13.3. The molecule has 0 spiro atoms. The number of thiazole rings is 1. The molecule has 6 rings (SSSR count). The van der Waals surface area contributed by atoms with E-state index < -0.39 is 17.0 Å². The highest BCUT2D eigenvalue weighted by Crippen LogP contribution is 2.46. The van der Waals surface area contributed by atoms with Crippen LogP contribution in [0.1, 0.15) is 85.7 Å². The van der Waals surface area contributed by atoms with E-state index in [1.807, 2.05) is 6.92 Å². The molecule has 39 heavy (non-hydrogen) atoms. The van der Waals surface area contributed by atoms with Gasteiger partial charge in [-0.3, -0.25) is 4.98 Å². The fourth-order valence-electron chi connectivity index (χ4n) is 5.35. The summed E-state index contributed by atoms with van der Waals surface area (Å²) in [5, 5.41) is 27.2. The molecule has 3 aromatic heterocycles. The molecule has 10 heteroatoms. The largest absolute Gasteiger partial charge is 0.386 e. The molecule has 0 saturated heterocycles. The van der Waals surface area contributed by atoms with Crippen LogP contribution >= 0.6 is 22.9 Å². The lowest BCUT2D eigenvalue weighted by molar-refractivity contribution is -0.0641. The van der Waals surface area contributed by atoms with Crippen LogP contribution in [0.2, 0.25) is 5.02 Å². The highest BCUT2D eigenvalue weighted by Gasteiger charge is 2.39. The summed E-state index contributed by atoms with van der Waals surface area (Å²) in [6, 6.07) is 3.07. The third kappa shape index (κ3) is 5.11. The standard InChI is InChI=1S/C29H31ClFN3O4S/c1-15-12-32-13-20(30)23(15)24-19(26(38-34-24)16-4-5-16)14-37-18-6-8-29(36,9-7-18)27-33-25-21(31)10-17(28(2,3)35)11-22(25)39-27/h10-13,16,18,35-36H,4-9,14H2,1-3H3. The first kappa shape index (κ1) is 26.8. The molecule has 7 nitrogen and oxygen atoms in total. The van der Waals surface area contributed by atoms with E-state index >= 15 is 0 Å². The minimum absolute atomic E-state index is 0.0537. The number of halogens is 2. The van der Waals surface area contributed by atoms with Gasteiger partial charge in [-0.25, -0.2) is 9.37 Å². The Kier molecular flexibility index (Phi) is 6.79. The summed E-state index contributed by atoms with van der Waals surface area (Å²) in [6.07, 6.45) is 7.65. The zero-order valence-corrected chi connectivity index (χ0v) is 23.7. The van der Waals surface area contributed by atoms with E-state index in [2.05, 4.69) is 15.1 Å². The number of aromatic nitrogens is 3. The second kappa shape index (κ2) is 9.89. The van der Waals surface area contributed by atoms with Gasteiger partial charge in [-0.2, -0.15) is 0 Å². The van der Waals surface area contributed by atoms with Crippen LogP contribution in [0, 0.1) is 12.7 Å². The lowest BCUT2D eigenvalue weighted by atomic mass is 9.83. The third-order valence-electron chi connectivity index (χ3n) is 7.87. The van der Waals surface area contributed by atoms with Gasteiger partial charge in [0.25, 0.3) is 0 Å². The molecule has 3 heterocycles. The van der Waals surface area contributed by atoms with Gasteiger partial charge in [0, 0.05) is 29.4 Å². The van der Waals surface area contributed by atoms with E-state index in [0.717, 1.165) is 35.3 Å². The van der Waals surface area contributed by atoms with Crippen LogP contribution in [0.15, 0.2) is 29.0 Å². The Morgan fingerprint density at radius 2 is 1.95 bits per heavy atom. The normalized spacial score (nSPS) is 22.1. The van der Waals surface area contributed by atoms with E-state index in [9.17, 15) is 14.6 Å². The first-order chi connectivity index (χ1) is 18.5. The number of ether oxygens (including phenoxy) is 1. The highest BCUT2D eigenvalue weighted by atomic mass is 35.5. The lowest BCUT2D eigenvalue weighted by Gasteiger charge is -2.34. The van der Waals surface area contributed by atoms with Crippen molar-refractivity contribution in [2.45, 2.75) is 89.1 Å². The molecule has 4 aromatic rings. The Hall–Kier alpha value is -2.43. The van der Waals surface area contributed by atoms with E-state index in [-0.39, 0.29) is 11.6 Å². The maximum Gasteiger partial charge on any atom is 0.150 e. The number of hydrogen-bond acceptors (Lipinski definition) is 8. The quantitative estimate of drug-likeness (QED) is 0.249. The smallest absolute Gasteiger partial charge is 0.150 e. The zero-order valence-electron chi connectivity index (χ0n) is 22.1. The van der Waals surface area contributed by atoms with Gasteiger partial charge in [0.15, 0.2) is 5.82 Å². The fraction of sp³-hybridized carbons (Fsp3) is 0.483. The number of fused-ring (bicyclic) bond motifs is 1. The van der Waals surface area contributed by atoms with Crippen molar-refractivity contribution in [1.82, 2.24) is 15.1 Å². The van der Waals surface area contributed by atoms with Gasteiger partial charge in [0.1, 0.15) is 27.6 Å². The first-order valence-corrected chi connectivity index (χ1v) is 14.5. The second-order valence-electron chi connectivity index (χ2n) is 11.4. The van der Waals surface area contributed by atoms with Crippen LogP contribution in [0.3, 0.4) is 0 Å². The van der Waals surface area contributed by atoms with Gasteiger partial charge < -0.3 is 19.5 Å². The van der Waals surface area contributed by atoms with Crippen molar-refractivity contribution in [2.24, 2.45) is 0 Å². The summed E-state index contributed by atoms with van der Waals surface area (Å²) in [5.41, 5.74) is 1.76. The van der Waals surface area contributed by atoms with Crippen LogP contribution in [-0.2, 0) is 22.5 Å². The molecule has 2 aliphatic carbocycles. The number of hydrogen-bond donors (Lipinski definition) is 2. The molecule has 2 saturated carbocycles. The minimum Gasteiger partial charge on any atom is -0.386 e. The molecule has 0 aliphatic heterocycles. The van der Waals surface area contributed by atoms with Crippen LogP contribution in [0.25, 0.3) is 21.5 Å². The second-order valence-corrected chi connectivity index (χ2v) is 12.8. The summed E-state index contributed by atoms with van der Waals surface area (Å²) in [7, 11) is 0. The predicted molar refractivity (Wildman–Crippen MR) is 147 cm³/mol. The number of rotatable bonds is 7. The summed E-state index contributed by atoms with van der Waals surface area (Å²) >= 11 is 7.78. The highest BCUT2D eigenvalue weighted by molar-refractivity contribution is 7.18. The van der Waals surface area contributed by atoms with Crippen LogP contribution in [-0.4, -0.2) is 31.4 Å². The van der Waals surface area contributed by atoms with E-state index in [1.54, 1.807) is 32.3 Å². The number of benzene rings is 1. The Morgan fingerprint density at radius 3 is 2.62 bits per heavy atom. The van der Waals surface area contributed by atoms with E-state index in [1.165, 1.54) is 17.4 Å². The molecular formula is C29H31ClFN3O4S. The summed E-state index contributed by atoms with van der Waals surface area (Å²) < 4.78 is 27.6. The van der Waals surface area contributed by atoms with Crippen molar-refractivity contribution in [3.05, 3.63) is 62.8 Å². The van der Waals surface area contributed by atoms with Crippen molar-refractivity contribution in [3.63, 3.8) is 0 Å². The average Bonchev–Trinajstić information content (AvgIpc) is 3.48. The van der Waals surface area contributed by atoms with Crippen molar-refractivity contribution >= 4 is 33.2 Å². The number of aliphatic hydroxyl groups is 2. The molecule has 0 amide bonds. The SMILES string of the molecule is Cc1cncc(Cl)c1-c1noc(C2CC2)c1COC1CCC(O)(c2nc3c(F)cc(C(C)(C)O)cc3s2)CC1. The van der Waals surface area contributed by atoms with Crippen LogP contribution in [0.4, 0.5) is 4.39 Å². The predicted octanol–water partition coefficient (Wildman–Crippen LogP) is 6.90. The van der Waals surface area contributed by atoms with Crippen LogP contribution < -0.4 is 0 Å². The minimum atomic E-state index is -1.17. The average molecular weight is 572 g/mol. The number of pyridine rings is 1. The Labute approximate surface area is 235 Å². The topological polar surface area (TPSA) is 102 Å². The summed E-state index contributed by atoms with van der Waals surface area (Å²) in [5.74, 6) is 0.735. The zero-order chi connectivity index (χ0) is 27.5. The van der Waals surface area contributed by atoms with Gasteiger partial charge >= 0.3 is 0 Å². The van der Waals surface area contributed by atoms with E-state index in [4.69, 9.17) is 20.9 Å². The molecule has 0 radical (unpaired) electrons. The molecule has 2 aliphatic rings. The van der Waals surface area contributed by atoms with Crippen LogP contribution in [0.5, 0.6) is 0 Å². The molecule has 0 bridgehead atoms. The van der Waals surface area contributed by atoms with E-state index in [0.29, 0.717) is 64.2 Å².